The zero-order valence-corrected chi connectivity index (χ0v) is 25.4. The first-order valence-corrected chi connectivity index (χ1v) is 17.0. The van der Waals surface area contributed by atoms with Crippen LogP contribution in [0.1, 0.15) is 5.56 Å². The Labute approximate surface area is 257 Å². The molecule has 0 spiro atoms. The van der Waals surface area contributed by atoms with Crippen LogP contribution in [-0.2, 0) is 0 Å². The third-order valence-corrected chi connectivity index (χ3v) is 13.9. The molecule has 0 unspecified atom stereocenters. The van der Waals surface area contributed by atoms with Crippen molar-refractivity contribution in [2.75, 3.05) is 4.90 Å². The predicted molar refractivity (Wildman–Crippen MR) is 186 cm³/mol. The van der Waals surface area contributed by atoms with Crippen molar-refractivity contribution in [1.29, 1.82) is 0 Å². The fourth-order valence-corrected chi connectivity index (χ4v) is 12.2. The number of hydrogen-bond acceptors (Lipinski definition) is 2. The number of rotatable bonds is 4. The van der Waals surface area contributed by atoms with E-state index < -0.39 is 8.07 Å². The minimum Gasteiger partial charge on any atom is -0.311 e. The van der Waals surface area contributed by atoms with E-state index in [2.05, 4.69) is 133 Å². The number of nitrogens with zero attached hydrogens (tertiary/aromatic N) is 2. The number of fused-ring (bicyclic) bond motifs is 3. The van der Waals surface area contributed by atoms with E-state index in [-0.39, 0.29) is 5.56 Å². The molecular formula is C40H30N2OSi. The van der Waals surface area contributed by atoms with Gasteiger partial charge in [-0.1, -0.05) is 115 Å². The van der Waals surface area contributed by atoms with Crippen molar-refractivity contribution in [2.45, 2.75) is 6.92 Å². The molecule has 0 aliphatic carbocycles. The van der Waals surface area contributed by atoms with E-state index in [9.17, 15) is 4.79 Å². The quantitative estimate of drug-likeness (QED) is 0.223. The number of aromatic nitrogens is 1. The first-order chi connectivity index (χ1) is 21.7. The Bertz CT molecular complexity index is 2120. The summed E-state index contributed by atoms with van der Waals surface area (Å²) in [5.41, 5.74) is 5.32. The van der Waals surface area contributed by atoms with Gasteiger partial charge in [-0.25, -0.2) is 0 Å². The molecule has 0 atom stereocenters. The third kappa shape index (κ3) is 3.85. The standard InChI is InChI=1S/C40H30N2OSi/c1-29-28-41(30-15-5-2-6-16-30)40(43)34-26-25-31(27-35(29)34)42-36-21-11-13-23-38(36)44(32-17-7-3-8-18-32,33-19-9-4-10-20-33)39-24-14-12-22-37(39)42/h2-28H,1H3. The van der Waals surface area contributed by atoms with E-state index in [1.54, 1.807) is 4.57 Å². The summed E-state index contributed by atoms with van der Waals surface area (Å²) in [4.78, 5) is 16.1. The molecular weight excluding hydrogens is 553 g/mol. The second-order valence-electron chi connectivity index (χ2n) is 11.4. The lowest BCUT2D eigenvalue weighted by Crippen LogP contribution is -2.77. The first kappa shape index (κ1) is 26.2. The Morgan fingerprint density at radius 3 is 1.57 bits per heavy atom. The summed E-state index contributed by atoms with van der Waals surface area (Å²) >= 11 is 0. The fraction of sp³-hybridized carbons (Fsp3) is 0.0250. The normalized spacial score (nSPS) is 13.3. The second kappa shape index (κ2) is 10.4. The molecule has 3 nitrogen and oxygen atoms in total. The average molecular weight is 583 g/mol. The molecule has 0 N–H and O–H groups in total. The van der Waals surface area contributed by atoms with Crippen LogP contribution in [0.3, 0.4) is 0 Å². The van der Waals surface area contributed by atoms with E-state index >= 15 is 0 Å². The van der Waals surface area contributed by atoms with Gasteiger partial charge in [-0.2, -0.15) is 0 Å². The van der Waals surface area contributed by atoms with Crippen molar-refractivity contribution in [2.24, 2.45) is 0 Å². The van der Waals surface area contributed by atoms with Gasteiger partial charge in [0, 0.05) is 34.3 Å². The summed E-state index contributed by atoms with van der Waals surface area (Å²) in [5.74, 6) is 0. The fourth-order valence-electron chi connectivity index (χ4n) is 7.11. The highest BCUT2D eigenvalue weighted by atomic mass is 28.3. The molecule has 6 aromatic carbocycles. The molecule has 1 aliphatic rings. The van der Waals surface area contributed by atoms with Gasteiger partial charge in [0.2, 0.25) is 0 Å². The molecule has 7 aromatic rings. The molecule has 0 saturated heterocycles. The summed E-state index contributed by atoms with van der Waals surface area (Å²) < 4.78 is 1.75. The first-order valence-electron chi connectivity index (χ1n) is 15.0. The number of anilines is 3. The Kier molecular flexibility index (Phi) is 6.17. The van der Waals surface area contributed by atoms with Gasteiger partial charge in [-0.05, 0) is 81.1 Å². The van der Waals surface area contributed by atoms with Crippen LogP contribution in [-0.4, -0.2) is 12.6 Å². The SMILES string of the molecule is Cc1cn(-c2ccccc2)c(=O)c2ccc(N3c4ccccc4[Si](c4ccccc4)(c4ccccc4)c4ccccc43)cc12. The molecule has 8 rings (SSSR count). The molecule has 44 heavy (non-hydrogen) atoms. The summed E-state index contributed by atoms with van der Waals surface area (Å²) in [5, 5.41) is 7.12. The van der Waals surface area contributed by atoms with Crippen LogP contribution in [0.25, 0.3) is 16.5 Å². The number of para-hydroxylation sites is 3. The van der Waals surface area contributed by atoms with Crippen molar-refractivity contribution in [1.82, 2.24) is 4.57 Å². The van der Waals surface area contributed by atoms with Gasteiger partial charge in [-0.3, -0.25) is 9.36 Å². The van der Waals surface area contributed by atoms with Gasteiger partial charge >= 0.3 is 0 Å². The molecule has 1 aromatic heterocycles. The van der Waals surface area contributed by atoms with E-state index in [4.69, 9.17) is 0 Å². The Morgan fingerprint density at radius 1 is 0.500 bits per heavy atom. The van der Waals surface area contributed by atoms with Crippen LogP contribution in [0.15, 0.2) is 169 Å². The Balaban J connectivity index is 1.40. The lowest BCUT2D eigenvalue weighted by molar-refractivity contribution is 0.996. The minimum absolute atomic E-state index is 0.0117. The summed E-state index contributed by atoms with van der Waals surface area (Å²) in [6.45, 7) is 2.09. The van der Waals surface area contributed by atoms with Crippen molar-refractivity contribution in [3.05, 3.63) is 180 Å². The van der Waals surface area contributed by atoms with Gasteiger partial charge in [0.05, 0.1) is 0 Å². The summed E-state index contributed by atoms with van der Waals surface area (Å²) in [6, 6.07) is 56.0. The van der Waals surface area contributed by atoms with Crippen molar-refractivity contribution in [3.8, 4) is 5.69 Å². The van der Waals surface area contributed by atoms with Crippen molar-refractivity contribution in [3.63, 3.8) is 0 Å². The summed E-state index contributed by atoms with van der Waals surface area (Å²) in [6.07, 6.45) is 1.96. The minimum atomic E-state index is -2.66. The lowest BCUT2D eigenvalue weighted by atomic mass is 10.1. The van der Waals surface area contributed by atoms with Crippen LogP contribution in [0, 0.1) is 6.92 Å². The van der Waals surface area contributed by atoms with Gasteiger partial charge in [0.25, 0.3) is 5.56 Å². The van der Waals surface area contributed by atoms with E-state index in [1.165, 1.54) is 32.1 Å². The Hall–Kier alpha value is -5.45. The highest BCUT2D eigenvalue weighted by molar-refractivity contribution is 7.21. The maximum atomic E-state index is 13.7. The largest absolute Gasteiger partial charge is 0.311 e. The average Bonchev–Trinajstić information content (AvgIpc) is 3.10. The monoisotopic (exact) mass is 582 g/mol. The van der Waals surface area contributed by atoms with Crippen LogP contribution in [0.4, 0.5) is 17.1 Å². The van der Waals surface area contributed by atoms with Crippen LogP contribution < -0.4 is 31.2 Å². The number of aryl methyl sites for hydroxylation is 1. The molecule has 0 fully saturated rings. The highest BCUT2D eigenvalue weighted by Gasteiger charge is 2.48. The zero-order chi connectivity index (χ0) is 29.7. The number of pyridine rings is 1. The number of hydrogen-bond donors (Lipinski definition) is 0. The second-order valence-corrected chi connectivity index (χ2v) is 15.1. The molecule has 210 valence electrons. The van der Waals surface area contributed by atoms with Gasteiger partial charge in [0.15, 0.2) is 8.07 Å². The molecule has 4 heteroatoms. The highest BCUT2D eigenvalue weighted by Crippen LogP contribution is 2.39. The molecule has 0 amide bonds. The Morgan fingerprint density at radius 2 is 1.00 bits per heavy atom. The zero-order valence-electron chi connectivity index (χ0n) is 24.4. The maximum absolute atomic E-state index is 13.7. The topological polar surface area (TPSA) is 25.2 Å². The molecule has 0 radical (unpaired) electrons. The van der Waals surface area contributed by atoms with Crippen LogP contribution in [0.2, 0.25) is 0 Å². The predicted octanol–water partition coefficient (Wildman–Crippen LogP) is 6.46. The molecule has 1 aliphatic heterocycles. The maximum Gasteiger partial charge on any atom is 0.262 e. The molecule has 0 saturated carbocycles. The molecule has 0 bridgehead atoms. The smallest absolute Gasteiger partial charge is 0.262 e. The lowest BCUT2D eigenvalue weighted by Gasteiger charge is -2.45. The molecule has 2 heterocycles. The van der Waals surface area contributed by atoms with Crippen molar-refractivity contribution >= 4 is 56.7 Å². The van der Waals surface area contributed by atoms with Crippen molar-refractivity contribution < 1.29 is 0 Å². The van der Waals surface area contributed by atoms with Crippen LogP contribution >= 0.6 is 0 Å². The van der Waals surface area contributed by atoms with E-state index in [0.717, 1.165) is 22.3 Å². The van der Waals surface area contributed by atoms with Crippen LogP contribution in [0.5, 0.6) is 0 Å². The number of benzene rings is 6. The van der Waals surface area contributed by atoms with E-state index in [1.807, 2.05) is 42.6 Å². The van der Waals surface area contributed by atoms with Gasteiger partial charge in [-0.15, -0.1) is 0 Å². The van der Waals surface area contributed by atoms with Gasteiger partial charge < -0.3 is 4.90 Å². The van der Waals surface area contributed by atoms with Gasteiger partial charge in [0.1, 0.15) is 0 Å². The third-order valence-electron chi connectivity index (χ3n) is 9.00. The van der Waals surface area contributed by atoms with E-state index in [0.29, 0.717) is 5.39 Å². The summed E-state index contributed by atoms with van der Waals surface area (Å²) in [7, 11) is -2.66.